The average Bonchev–Trinajstić information content (AvgIpc) is 2.49. The second-order valence-corrected chi connectivity index (χ2v) is 4.80. The van der Waals surface area contributed by atoms with Gasteiger partial charge in [-0.15, -0.1) is 10.2 Å². The summed E-state index contributed by atoms with van der Waals surface area (Å²) in [5.41, 5.74) is 4.29. The van der Waals surface area contributed by atoms with E-state index in [0.29, 0.717) is 0 Å². The van der Waals surface area contributed by atoms with Crippen LogP contribution in [-0.4, -0.2) is 23.9 Å². The summed E-state index contributed by atoms with van der Waals surface area (Å²) in [6, 6.07) is 7.90. The monoisotopic (exact) mass is 271 g/mol. The molecule has 0 fully saturated rings. The van der Waals surface area contributed by atoms with Gasteiger partial charge in [0.2, 0.25) is 0 Å². The van der Waals surface area contributed by atoms with Crippen LogP contribution in [-0.2, 0) is 0 Å². The Bertz CT molecular complexity index is 579. The van der Waals surface area contributed by atoms with Gasteiger partial charge in [-0.25, -0.2) is 0 Å². The molecule has 0 bridgehead atoms. The summed E-state index contributed by atoms with van der Waals surface area (Å²) in [4.78, 5) is 0. The van der Waals surface area contributed by atoms with Gasteiger partial charge in [-0.05, 0) is 55.7 Å². The van der Waals surface area contributed by atoms with E-state index in [1.54, 1.807) is 7.11 Å². The van der Waals surface area contributed by atoms with Crippen LogP contribution < -0.4 is 10.1 Å². The number of methoxy groups -OCH3 is 1. The van der Waals surface area contributed by atoms with Gasteiger partial charge in [0.25, 0.3) is 0 Å². The van der Waals surface area contributed by atoms with Gasteiger partial charge in [-0.3, -0.25) is 0 Å². The van der Waals surface area contributed by atoms with Crippen LogP contribution in [0.5, 0.6) is 5.75 Å². The van der Waals surface area contributed by atoms with Gasteiger partial charge < -0.3 is 10.1 Å². The van der Waals surface area contributed by atoms with E-state index in [1.807, 2.05) is 24.3 Å². The third kappa shape index (κ3) is 2.90. The first kappa shape index (κ1) is 14.3. The molecule has 0 amide bonds. The first-order valence-corrected chi connectivity index (χ1v) is 6.89. The molecule has 0 aliphatic heterocycles. The topological polar surface area (TPSA) is 47.0 Å². The predicted molar refractivity (Wildman–Crippen MR) is 82.3 cm³/mol. The van der Waals surface area contributed by atoms with Crippen molar-refractivity contribution in [3.63, 3.8) is 0 Å². The molecule has 0 unspecified atom stereocenters. The van der Waals surface area contributed by atoms with Gasteiger partial charge in [0.05, 0.1) is 12.8 Å². The molecule has 4 heteroatoms. The molecule has 0 atom stereocenters. The first-order valence-electron chi connectivity index (χ1n) is 6.89. The normalized spacial score (nSPS) is 10.4. The summed E-state index contributed by atoms with van der Waals surface area (Å²) in [6.07, 6.45) is 1.07. The quantitative estimate of drug-likeness (QED) is 0.902. The van der Waals surface area contributed by atoms with Crippen LogP contribution >= 0.6 is 0 Å². The fourth-order valence-corrected chi connectivity index (χ4v) is 2.04. The lowest BCUT2D eigenvalue weighted by molar-refractivity contribution is 0.415. The Labute approximate surface area is 120 Å². The molecular formula is C16H21N3O. The third-order valence-electron chi connectivity index (χ3n) is 3.43. The largest absolute Gasteiger partial charge is 0.497 e. The molecule has 0 radical (unpaired) electrons. The van der Waals surface area contributed by atoms with Crippen LogP contribution in [0.3, 0.4) is 0 Å². The summed E-state index contributed by atoms with van der Waals surface area (Å²) in [6.45, 7) is 7.21. The molecule has 1 N–H and O–H groups in total. The third-order valence-corrected chi connectivity index (χ3v) is 3.43. The molecule has 20 heavy (non-hydrogen) atoms. The Hall–Kier alpha value is -2.10. The zero-order valence-corrected chi connectivity index (χ0v) is 12.5. The Balaban J connectivity index is 2.34. The molecule has 1 aromatic carbocycles. The van der Waals surface area contributed by atoms with Crippen molar-refractivity contribution in [1.82, 2.24) is 10.2 Å². The molecule has 2 aromatic rings. The summed E-state index contributed by atoms with van der Waals surface area (Å²) < 4.78 is 5.18. The van der Waals surface area contributed by atoms with E-state index in [0.717, 1.165) is 46.9 Å². The number of benzene rings is 1. The van der Waals surface area contributed by atoms with E-state index in [4.69, 9.17) is 4.74 Å². The van der Waals surface area contributed by atoms with Gasteiger partial charge in [-0.1, -0.05) is 6.92 Å². The Kier molecular flexibility index (Phi) is 4.56. The van der Waals surface area contributed by atoms with Crippen molar-refractivity contribution in [2.45, 2.75) is 27.2 Å². The Morgan fingerprint density at radius 2 is 1.75 bits per heavy atom. The minimum Gasteiger partial charge on any atom is -0.497 e. The van der Waals surface area contributed by atoms with E-state index in [-0.39, 0.29) is 0 Å². The number of rotatable bonds is 5. The van der Waals surface area contributed by atoms with Crippen molar-refractivity contribution >= 4 is 5.82 Å². The zero-order chi connectivity index (χ0) is 14.5. The maximum atomic E-state index is 5.18. The lowest BCUT2D eigenvalue weighted by Gasteiger charge is -2.12. The Morgan fingerprint density at radius 1 is 1.05 bits per heavy atom. The van der Waals surface area contributed by atoms with Crippen LogP contribution in [0.1, 0.15) is 24.5 Å². The highest BCUT2D eigenvalue weighted by Crippen LogP contribution is 2.27. The molecule has 0 aliphatic carbocycles. The second-order valence-electron chi connectivity index (χ2n) is 4.80. The van der Waals surface area contributed by atoms with Crippen LogP contribution in [0.15, 0.2) is 24.3 Å². The van der Waals surface area contributed by atoms with E-state index >= 15 is 0 Å². The number of hydrogen-bond donors (Lipinski definition) is 1. The SMILES string of the molecule is CCCNc1nnc(-c2ccc(OC)cc2)c(C)c1C. The minimum atomic E-state index is 0.845. The fourth-order valence-electron chi connectivity index (χ4n) is 2.04. The van der Waals surface area contributed by atoms with Crippen molar-refractivity contribution in [1.29, 1.82) is 0 Å². The lowest BCUT2D eigenvalue weighted by Crippen LogP contribution is -2.07. The van der Waals surface area contributed by atoms with Gasteiger partial charge in [0.15, 0.2) is 5.82 Å². The van der Waals surface area contributed by atoms with Gasteiger partial charge in [0, 0.05) is 12.1 Å². The molecule has 0 aliphatic rings. The standard InChI is InChI=1S/C16H21N3O/c1-5-10-17-16-12(3)11(2)15(18-19-16)13-6-8-14(20-4)9-7-13/h6-9H,5,10H2,1-4H3,(H,17,19). The highest BCUT2D eigenvalue weighted by molar-refractivity contribution is 5.67. The summed E-state index contributed by atoms with van der Waals surface area (Å²) in [5, 5.41) is 12.0. The molecule has 4 nitrogen and oxygen atoms in total. The van der Waals surface area contributed by atoms with Crippen molar-refractivity contribution < 1.29 is 4.74 Å². The maximum absolute atomic E-state index is 5.18. The van der Waals surface area contributed by atoms with Crippen molar-refractivity contribution in [2.24, 2.45) is 0 Å². The van der Waals surface area contributed by atoms with Crippen molar-refractivity contribution in [2.75, 3.05) is 19.0 Å². The van der Waals surface area contributed by atoms with E-state index < -0.39 is 0 Å². The van der Waals surface area contributed by atoms with Gasteiger partial charge in [-0.2, -0.15) is 0 Å². The lowest BCUT2D eigenvalue weighted by atomic mass is 10.0. The number of ether oxygens (including phenoxy) is 1. The van der Waals surface area contributed by atoms with Crippen molar-refractivity contribution in [3.8, 4) is 17.0 Å². The van der Waals surface area contributed by atoms with E-state index in [1.165, 1.54) is 0 Å². The zero-order valence-electron chi connectivity index (χ0n) is 12.5. The molecule has 2 rings (SSSR count). The highest BCUT2D eigenvalue weighted by atomic mass is 16.5. The molecular weight excluding hydrogens is 250 g/mol. The molecule has 0 saturated carbocycles. The van der Waals surface area contributed by atoms with Crippen molar-refractivity contribution in [3.05, 3.63) is 35.4 Å². The molecule has 106 valence electrons. The number of hydrogen-bond acceptors (Lipinski definition) is 4. The predicted octanol–water partition coefficient (Wildman–Crippen LogP) is 3.59. The molecule has 0 spiro atoms. The smallest absolute Gasteiger partial charge is 0.151 e. The summed E-state index contributed by atoms with van der Waals surface area (Å²) in [5.74, 6) is 1.72. The molecule has 1 heterocycles. The van der Waals surface area contributed by atoms with Gasteiger partial charge in [0.1, 0.15) is 5.75 Å². The van der Waals surface area contributed by atoms with Crippen LogP contribution in [0.2, 0.25) is 0 Å². The van der Waals surface area contributed by atoms with E-state index in [9.17, 15) is 0 Å². The fraction of sp³-hybridized carbons (Fsp3) is 0.375. The van der Waals surface area contributed by atoms with Crippen LogP contribution in [0, 0.1) is 13.8 Å². The number of aromatic nitrogens is 2. The highest BCUT2D eigenvalue weighted by Gasteiger charge is 2.11. The van der Waals surface area contributed by atoms with E-state index in [2.05, 4.69) is 36.3 Å². The number of nitrogens with one attached hydrogen (secondary N) is 1. The molecule has 1 aromatic heterocycles. The first-order chi connectivity index (χ1) is 9.67. The average molecular weight is 271 g/mol. The summed E-state index contributed by atoms with van der Waals surface area (Å²) in [7, 11) is 1.67. The van der Waals surface area contributed by atoms with Gasteiger partial charge >= 0.3 is 0 Å². The van der Waals surface area contributed by atoms with Crippen LogP contribution in [0.25, 0.3) is 11.3 Å². The molecule has 0 saturated heterocycles. The van der Waals surface area contributed by atoms with Crippen LogP contribution in [0.4, 0.5) is 5.82 Å². The summed E-state index contributed by atoms with van der Waals surface area (Å²) >= 11 is 0. The Morgan fingerprint density at radius 3 is 2.35 bits per heavy atom. The number of nitrogens with zero attached hydrogens (tertiary/aromatic N) is 2. The maximum Gasteiger partial charge on any atom is 0.151 e. The second kappa shape index (κ2) is 6.37. The minimum absolute atomic E-state index is 0.845. The number of anilines is 1.